The van der Waals surface area contributed by atoms with E-state index >= 15 is 0 Å². The van der Waals surface area contributed by atoms with Crippen LogP contribution in [0.25, 0.3) is 11.3 Å². The SMILES string of the molecule is CN1CCN(C(=O)c2ccc(NC(=C3C(=O)Nc4cc(F)ccc43)c3cccc(CCC(=O)O)c3)cc2)CC1. The number of carbonyl (C=O) groups is 3. The molecule has 0 saturated carbocycles. The van der Waals surface area contributed by atoms with Crippen molar-refractivity contribution < 1.29 is 23.9 Å². The molecule has 0 radical (unpaired) electrons. The maximum absolute atomic E-state index is 13.9. The second kappa shape index (κ2) is 11.1. The predicted octanol–water partition coefficient (Wildman–Crippen LogP) is 4.16. The highest BCUT2D eigenvalue weighted by Crippen LogP contribution is 2.38. The van der Waals surface area contributed by atoms with Crippen LogP contribution in [0.3, 0.4) is 0 Å². The normalized spacial score (nSPS) is 16.5. The molecular formula is C30H29FN4O4. The molecule has 1 fully saturated rings. The minimum atomic E-state index is -0.894. The van der Waals surface area contributed by atoms with Crippen molar-refractivity contribution in [3.05, 3.63) is 94.8 Å². The van der Waals surface area contributed by atoms with Gasteiger partial charge in [0.2, 0.25) is 0 Å². The maximum atomic E-state index is 13.9. The number of hydrogen-bond acceptors (Lipinski definition) is 5. The molecule has 0 spiro atoms. The van der Waals surface area contributed by atoms with Crippen LogP contribution in [0, 0.1) is 5.82 Å². The van der Waals surface area contributed by atoms with E-state index < -0.39 is 11.8 Å². The van der Waals surface area contributed by atoms with Crippen molar-refractivity contribution in [1.29, 1.82) is 0 Å². The number of carboxylic acid groups (broad SMARTS) is 1. The van der Waals surface area contributed by atoms with Crippen LogP contribution in [0.2, 0.25) is 0 Å². The lowest BCUT2D eigenvalue weighted by molar-refractivity contribution is -0.137. The molecule has 0 bridgehead atoms. The molecule has 0 unspecified atom stereocenters. The Balaban J connectivity index is 1.49. The van der Waals surface area contributed by atoms with Crippen LogP contribution in [-0.4, -0.2) is 65.9 Å². The van der Waals surface area contributed by atoms with Crippen LogP contribution < -0.4 is 10.6 Å². The third-order valence-electron chi connectivity index (χ3n) is 7.01. The number of carbonyl (C=O) groups excluding carboxylic acids is 2. The van der Waals surface area contributed by atoms with Gasteiger partial charge in [-0.1, -0.05) is 18.2 Å². The number of nitrogens with zero attached hydrogens (tertiary/aromatic N) is 2. The average molecular weight is 529 g/mol. The number of nitrogens with one attached hydrogen (secondary N) is 2. The number of fused-ring (bicyclic) bond motifs is 1. The van der Waals surface area contributed by atoms with E-state index in [1.54, 1.807) is 30.3 Å². The van der Waals surface area contributed by atoms with Crippen molar-refractivity contribution in [3.8, 4) is 0 Å². The molecule has 39 heavy (non-hydrogen) atoms. The topological polar surface area (TPSA) is 102 Å². The van der Waals surface area contributed by atoms with Crippen LogP contribution in [0.4, 0.5) is 15.8 Å². The Morgan fingerprint density at radius 2 is 1.72 bits per heavy atom. The fourth-order valence-electron chi connectivity index (χ4n) is 4.84. The van der Waals surface area contributed by atoms with Crippen molar-refractivity contribution in [2.24, 2.45) is 0 Å². The van der Waals surface area contributed by atoms with Gasteiger partial charge in [0.1, 0.15) is 5.82 Å². The molecule has 5 rings (SSSR count). The van der Waals surface area contributed by atoms with Crippen LogP contribution in [0.1, 0.15) is 33.5 Å². The fourth-order valence-corrected chi connectivity index (χ4v) is 4.84. The first kappa shape index (κ1) is 26.1. The van der Waals surface area contributed by atoms with Gasteiger partial charge in [-0.25, -0.2) is 4.39 Å². The monoisotopic (exact) mass is 528 g/mol. The minimum absolute atomic E-state index is 0.0197. The number of carboxylic acids is 1. The second-order valence-electron chi connectivity index (χ2n) is 9.79. The largest absolute Gasteiger partial charge is 0.481 e. The number of anilines is 2. The number of piperazine rings is 1. The molecule has 0 aliphatic carbocycles. The molecule has 200 valence electrons. The summed E-state index contributed by atoms with van der Waals surface area (Å²) in [5.74, 6) is -1.75. The van der Waals surface area contributed by atoms with E-state index in [1.807, 2.05) is 36.2 Å². The van der Waals surface area contributed by atoms with Gasteiger partial charge in [-0.3, -0.25) is 14.4 Å². The van der Waals surface area contributed by atoms with E-state index in [4.69, 9.17) is 5.11 Å². The molecular weight excluding hydrogens is 499 g/mol. The molecule has 2 aliphatic heterocycles. The number of rotatable bonds is 7. The molecule has 9 heteroatoms. The summed E-state index contributed by atoms with van der Waals surface area (Å²) in [6, 6.07) is 18.6. The van der Waals surface area contributed by atoms with Gasteiger partial charge in [-0.15, -0.1) is 0 Å². The van der Waals surface area contributed by atoms with Crippen LogP contribution in [0.5, 0.6) is 0 Å². The smallest absolute Gasteiger partial charge is 0.303 e. The molecule has 8 nitrogen and oxygen atoms in total. The lowest BCUT2D eigenvalue weighted by atomic mass is 9.97. The van der Waals surface area contributed by atoms with Gasteiger partial charge in [0.05, 0.1) is 17.0 Å². The van der Waals surface area contributed by atoms with Crippen LogP contribution >= 0.6 is 0 Å². The number of benzene rings is 3. The van der Waals surface area contributed by atoms with E-state index in [9.17, 15) is 18.8 Å². The summed E-state index contributed by atoms with van der Waals surface area (Å²) in [6.45, 7) is 3.03. The van der Waals surface area contributed by atoms with Gasteiger partial charge in [-0.05, 0) is 73.1 Å². The van der Waals surface area contributed by atoms with Crippen molar-refractivity contribution in [3.63, 3.8) is 0 Å². The van der Waals surface area contributed by atoms with E-state index in [1.165, 1.54) is 12.1 Å². The number of aryl methyl sites for hydroxylation is 1. The highest BCUT2D eigenvalue weighted by Gasteiger charge is 2.29. The Hall–Kier alpha value is -4.50. The number of amides is 2. The summed E-state index contributed by atoms with van der Waals surface area (Å²) in [5.41, 5.74) is 4.50. The van der Waals surface area contributed by atoms with E-state index in [0.717, 1.165) is 18.7 Å². The Kier molecular flexibility index (Phi) is 7.42. The molecule has 2 amide bonds. The molecule has 3 aromatic carbocycles. The maximum Gasteiger partial charge on any atom is 0.303 e. The lowest BCUT2D eigenvalue weighted by Gasteiger charge is -2.32. The first-order chi connectivity index (χ1) is 18.8. The quantitative estimate of drug-likeness (QED) is 0.398. The van der Waals surface area contributed by atoms with Gasteiger partial charge in [0, 0.05) is 49.4 Å². The van der Waals surface area contributed by atoms with Gasteiger partial charge in [0.15, 0.2) is 0 Å². The molecule has 2 aliphatic rings. The Morgan fingerprint density at radius 1 is 0.974 bits per heavy atom. The predicted molar refractivity (Wildman–Crippen MR) is 148 cm³/mol. The second-order valence-corrected chi connectivity index (χ2v) is 9.79. The zero-order chi connectivity index (χ0) is 27.5. The third-order valence-corrected chi connectivity index (χ3v) is 7.01. The lowest BCUT2D eigenvalue weighted by Crippen LogP contribution is -2.47. The zero-order valence-electron chi connectivity index (χ0n) is 21.5. The Labute approximate surface area is 225 Å². The highest BCUT2D eigenvalue weighted by molar-refractivity contribution is 6.37. The van der Waals surface area contributed by atoms with Crippen molar-refractivity contribution in [2.75, 3.05) is 43.9 Å². The number of aliphatic carboxylic acids is 1. The minimum Gasteiger partial charge on any atom is -0.481 e. The first-order valence-corrected chi connectivity index (χ1v) is 12.8. The van der Waals surface area contributed by atoms with Gasteiger partial charge in [0.25, 0.3) is 11.8 Å². The third kappa shape index (κ3) is 5.83. The fraction of sp³-hybridized carbons (Fsp3) is 0.233. The zero-order valence-corrected chi connectivity index (χ0v) is 21.5. The summed E-state index contributed by atoms with van der Waals surface area (Å²) in [6.07, 6.45) is 0.317. The summed E-state index contributed by atoms with van der Waals surface area (Å²) in [7, 11) is 2.04. The van der Waals surface area contributed by atoms with Crippen LogP contribution in [-0.2, 0) is 16.0 Å². The summed E-state index contributed by atoms with van der Waals surface area (Å²) >= 11 is 0. The molecule has 3 aromatic rings. The van der Waals surface area contributed by atoms with Crippen molar-refractivity contribution in [2.45, 2.75) is 12.8 Å². The highest BCUT2D eigenvalue weighted by atomic mass is 19.1. The standard InChI is InChI=1S/C30H29FN4O4/c1-34-13-15-35(16-14-34)30(39)20-6-9-23(10-7-20)32-28(21-4-2-3-19(17-21)5-12-26(36)37)27-24-11-8-22(31)18-25(24)33-29(27)38/h2-4,6-11,17-18,32H,5,12-16H2,1H3,(H,33,38)(H,36,37). The average Bonchev–Trinajstić information content (AvgIpc) is 3.25. The Morgan fingerprint density at radius 3 is 2.44 bits per heavy atom. The molecule has 0 aromatic heterocycles. The summed E-state index contributed by atoms with van der Waals surface area (Å²) in [5, 5.41) is 15.2. The van der Waals surface area contributed by atoms with E-state index in [2.05, 4.69) is 15.5 Å². The van der Waals surface area contributed by atoms with Crippen molar-refractivity contribution >= 4 is 40.4 Å². The van der Waals surface area contributed by atoms with E-state index in [-0.39, 0.29) is 18.2 Å². The Bertz CT molecular complexity index is 1460. The van der Waals surface area contributed by atoms with Gasteiger partial charge < -0.3 is 25.5 Å². The summed E-state index contributed by atoms with van der Waals surface area (Å²) in [4.78, 5) is 41.2. The molecule has 2 heterocycles. The van der Waals surface area contributed by atoms with Crippen molar-refractivity contribution in [1.82, 2.24) is 9.80 Å². The number of hydrogen-bond donors (Lipinski definition) is 3. The van der Waals surface area contributed by atoms with Crippen LogP contribution in [0.15, 0.2) is 66.7 Å². The number of halogens is 1. The summed E-state index contributed by atoms with van der Waals surface area (Å²) < 4.78 is 13.9. The molecule has 1 saturated heterocycles. The van der Waals surface area contributed by atoms with Gasteiger partial charge >= 0.3 is 5.97 Å². The van der Waals surface area contributed by atoms with E-state index in [0.29, 0.717) is 58.8 Å². The molecule has 0 atom stereocenters. The molecule has 3 N–H and O–H groups in total. The van der Waals surface area contributed by atoms with Gasteiger partial charge in [-0.2, -0.15) is 0 Å². The first-order valence-electron chi connectivity index (χ1n) is 12.8. The number of likely N-dealkylation sites (N-methyl/N-ethyl adjacent to an activating group) is 1.